The molecule has 2 N–H and O–H groups in total. The number of amides is 3. The van der Waals surface area contributed by atoms with E-state index < -0.39 is 48.7 Å². The predicted molar refractivity (Wildman–Crippen MR) is 141 cm³/mol. The number of alkyl halides is 4. The summed E-state index contributed by atoms with van der Waals surface area (Å²) in [7, 11) is 0. The second-order valence-corrected chi connectivity index (χ2v) is 10.9. The number of carbonyl (C=O) groups is 3. The molecule has 1 aromatic heterocycles. The summed E-state index contributed by atoms with van der Waals surface area (Å²) in [5.41, 5.74) is -0.558. The Labute approximate surface area is 232 Å². The maximum atomic E-state index is 14.0. The first-order valence-corrected chi connectivity index (χ1v) is 13.3. The lowest BCUT2D eigenvalue weighted by molar-refractivity contribution is -0.125. The molecule has 0 unspecified atom stereocenters. The van der Waals surface area contributed by atoms with Crippen molar-refractivity contribution >= 4 is 52.0 Å². The lowest BCUT2D eigenvalue weighted by Gasteiger charge is -2.32. The Hall–Kier alpha value is -2.74. The molecule has 1 aromatic carbocycles. The molecule has 2 heterocycles. The van der Waals surface area contributed by atoms with Gasteiger partial charge in [-0.2, -0.15) is 0 Å². The maximum absolute atomic E-state index is 14.0. The quantitative estimate of drug-likeness (QED) is 0.350. The molecule has 0 aliphatic carbocycles. The van der Waals surface area contributed by atoms with Crippen LogP contribution in [0.5, 0.6) is 0 Å². The van der Waals surface area contributed by atoms with Gasteiger partial charge in [-0.25, -0.2) is 17.6 Å². The molecule has 3 rings (SSSR count). The Morgan fingerprint density at radius 3 is 2.49 bits per heavy atom. The summed E-state index contributed by atoms with van der Waals surface area (Å²) >= 11 is 6.88. The predicted octanol–water partition coefficient (Wildman–Crippen LogP) is 4.66. The van der Waals surface area contributed by atoms with Crippen molar-refractivity contribution in [3.63, 3.8) is 0 Å². The van der Waals surface area contributed by atoms with Crippen LogP contribution in [-0.4, -0.2) is 74.5 Å². The number of rotatable bonds is 12. The smallest absolute Gasteiger partial charge is 0.265 e. The van der Waals surface area contributed by atoms with Crippen molar-refractivity contribution in [1.29, 1.82) is 0 Å². The number of ether oxygens (including phenoxy) is 1. The summed E-state index contributed by atoms with van der Waals surface area (Å²) in [6, 6.07) is 5.46. The average molecular weight is 593 g/mol. The second-order valence-electron chi connectivity index (χ2n) is 9.23. The Bertz CT molecular complexity index is 1160. The van der Waals surface area contributed by atoms with E-state index in [1.807, 2.05) is 0 Å². The number of halogens is 5. The number of thiophene rings is 1. The normalized spacial score (nSPS) is 14.9. The second kappa shape index (κ2) is 14.1. The highest BCUT2D eigenvalue weighted by molar-refractivity contribution is 7.18. The van der Waals surface area contributed by atoms with E-state index in [1.54, 1.807) is 13.8 Å². The summed E-state index contributed by atoms with van der Waals surface area (Å²) in [6.45, 7) is 2.77. The van der Waals surface area contributed by atoms with Crippen LogP contribution in [0.4, 0.5) is 28.9 Å². The van der Waals surface area contributed by atoms with Gasteiger partial charge in [0.25, 0.3) is 24.7 Å². The number of nitrogens with zero attached hydrogens (tertiary/aromatic N) is 2. The lowest BCUT2D eigenvalue weighted by atomic mass is 10.1. The van der Waals surface area contributed by atoms with E-state index in [0.717, 1.165) is 17.4 Å². The van der Waals surface area contributed by atoms with Gasteiger partial charge >= 0.3 is 0 Å². The molecule has 1 aliphatic rings. The van der Waals surface area contributed by atoms with E-state index in [9.17, 15) is 31.9 Å². The molecule has 1 fully saturated rings. The van der Waals surface area contributed by atoms with Gasteiger partial charge in [-0.15, -0.1) is 11.3 Å². The number of anilines is 2. The van der Waals surface area contributed by atoms with Crippen molar-refractivity contribution < 1.29 is 36.7 Å². The standard InChI is InChI=1S/C25H29ClF4N4O4S/c1-14(2)11-33(12-21(27)28)18(10-31-25(37)19-5-6-20(26)39-19)24(36)32-17-4-3-15(9-16(17)23(29)30)34-7-8-38-13-22(34)35/h3-6,9,14,18,21,23H,7-8,10-13H2,1-2H3,(H,31,37)(H,32,36)/t18-/m0/s1. The molecule has 0 radical (unpaired) electrons. The zero-order valence-corrected chi connectivity index (χ0v) is 22.8. The number of morpholine rings is 1. The molecule has 0 bridgehead atoms. The van der Waals surface area contributed by atoms with Gasteiger partial charge in [0.15, 0.2) is 0 Å². The molecule has 1 aliphatic heterocycles. The highest BCUT2D eigenvalue weighted by Gasteiger charge is 2.31. The van der Waals surface area contributed by atoms with Crippen LogP contribution in [0, 0.1) is 5.92 Å². The Balaban J connectivity index is 1.87. The van der Waals surface area contributed by atoms with Crippen molar-refractivity contribution in [3.05, 3.63) is 45.1 Å². The number of hydrogen-bond donors (Lipinski definition) is 2. The molecule has 1 saturated heterocycles. The SMILES string of the molecule is CC(C)CN(CC(F)F)[C@@H](CNC(=O)c1ccc(Cl)s1)C(=O)Nc1ccc(N2CCOCC2=O)cc1C(F)F. The first-order chi connectivity index (χ1) is 18.5. The number of nitrogens with one attached hydrogen (secondary N) is 2. The summed E-state index contributed by atoms with van der Waals surface area (Å²) in [4.78, 5) is 40.9. The van der Waals surface area contributed by atoms with Crippen molar-refractivity contribution in [2.45, 2.75) is 32.7 Å². The van der Waals surface area contributed by atoms with E-state index in [4.69, 9.17) is 16.3 Å². The molecule has 1 atom stereocenters. The number of benzene rings is 1. The molecular formula is C25H29ClF4N4O4S. The summed E-state index contributed by atoms with van der Waals surface area (Å²) in [6.07, 6.45) is -5.79. The Morgan fingerprint density at radius 1 is 1.15 bits per heavy atom. The van der Waals surface area contributed by atoms with E-state index in [2.05, 4.69) is 10.6 Å². The zero-order chi connectivity index (χ0) is 28.7. The average Bonchev–Trinajstić information content (AvgIpc) is 3.30. The Morgan fingerprint density at radius 2 is 1.90 bits per heavy atom. The van der Waals surface area contributed by atoms with E-state index >= 15 is 0 Å². The van der Waals surface area contributed by atoms with Gasteiger partial charge in [0.05, 0.1) is 22.4 Å². The molecule has 8 nitrogen and oxygen atoms in total. The fraction of sp³-hybridized carbons (Fsp3) is 0.480. The number of carbonyl (C=O) groups excluding carboxylic acids is 3. The van der Waals surface area contributed by atoms with Crippen LogP contribution in [0.25, 0.3) is 0 Å². The van der Waals surface area contributed by atoms with Crippen LogP contribution in [0.1, 0.15) is 35.5 Å². The minimum Gasteiger partial charge on any atom is -0.370 e. The van der Waals surface area contributed by atoms with Crippen LogP contribution in [0.2, 0.25) is 4.34 Å². The van der Waals surface area contributed by atoms with Crippen molar-refractivity contribution in [3.8, 4) is 0 Å². The van der Waals surface area contributed by atoms with Crippen LogP contribution in [0.15, 0.2) is 30.3 Å². The molecule has 3 amide bonds. The zero-order valence-electron chi connectivity index (χ0n) is 21.3. The van der Waals surface area contributed by atoms with Crippen molar-refractivity contribution in [2.75, 3.05) is 49.6 Å². The largest absolute Gasteiger partial charge is 0.370 e. The fourth-order valence-electron chi connectivity index (χ4n) is 4.10. The Kier molecular flexibility index (Phi) is 11.1. The summed E-state index contributed by atoms with van der Waals surface area (Å²) in [5.74, 6) is -1.91. The van der Waals surface area contributed by atoms with Crippen molar-refractivity contribution in [2.24, 2.45) is 5.92 Å². The van der Waals surface area contributed by atoms with E-state index in [0.29, 0.717) is 4.34 Å². The van der Waals surface area contributed by atoms with Gasteiger partial charge in [-0.05, 0) is 36.2 Å². The molecular weight excluding hydrogens is 564 g/mol. The van der Waals surface area contributed by atoms with Gasteiger partial charge < -0.3 is 20.3 Å². The lowest BCUT2D eigenvalue weighted by Crippen LogP contribution is -2.53. The topological polar surface area (TPSA) is 91.0 Å². The molecule has 0 spiro atoms. The third-order valence-corrected chi connectivity index (χ3v) is 7.02. The molecule has 0 saturated carbocycles. The first kappa shape index (κ1) is 30.8. The minimum absolute atomic E-state index is 0.0862. The molecule has 2 aromatic rings. The van der Waals surface area contributed by atoms with Gasteiger partial charge in [-0.3, -0.25) is 19.3 Å². The van der Waals surface area contributed by atoms with E-state index in [-0.39, 0.29) is 55.0 Å². The van der Waals surface area contributed by atoms with Crippen LogP contribution in [0.3, 0.4) is 0 Å². The van der Waals surface area contributed by atoms with Crippen LogP contribution >= 0.6 is 22.9 Å². The fourth-order valence-corrected chi connectivity index (χ4v) is 5.05. The number of hydrogen-bond acceptors (Lipinski definition) is 6. The van der Waals surface area contributed by atoms with Crippen LogP contribution in [-0.2, 0) is 14.3 Å². The van der Waals surface area contributed by atoms with Crippen molar-refractivity contribution in [1.82, 2.24) is 10.2 Å². The minimum atomic E-state index is -3.01. The molecule has 39 heavy (non-hydrogen) atoms. The van der Waals surface area contributed by atoms with Gasteiger partial charge in [-0.1, -0.05) is 25.4 Å². The molecule has 214 valence electrons. The third kappa shape index (κ3) is 8.62. The highest BCUT2D eigenvalue weighted by Crippen LogP contribution is 2.32. The summed E-state index contributed by atoms with van der Waals surface area (Å²) in [5, 5.41) is 4.99. The first-order valence-electron chi connectivity index (χ1n) is 12.1. The van der Waals surface area contributed by atoms with Gasteiger partial charge in [0.1, 0.15) is 12.6 Å². The van der Waals surface area contributed by atoms with Gasteiger partial charge in [0, 0.05) is 36.6 Å². The van der Waals surface area contributed by atoms with E-state index in [1.165, 1.54) is 34.1 Å². The van der Waals surface area contributed by atoms with Gasteiger partial charge in [0.2, 0.25) is 5.91 Å². The third-order valence-electron chi connectivity index (χ3n) is 5.79. The maximum Gasteiger partial charge on any atom is 0.265 e. The monoisotopic (exact) mass is 592 g/mol. The summed E-state index contributed by atoms with van der Waals surface area (Å²) < 4.78 is 60.4. The van der Waals surface area contributed by atoms with Crippen LogP contribution < -0.4 is 15.5 Å². The molecule has 14 heteroatoms. The highest BCUT2D eigenvalue weighted by atomic mass is 35.5.